The highest BCUT2D eigenvalue weighted by atomic mass is 79.9. The number of anilines is 1. The first-order chi connectivity index (χ1) is 13.9. The summed E-state index contributed by atoms with van der Waals surface area (Å²) in [6.07, 6.45) is 1.75. The largest absolute Gasteiger partial charge is 0.495 e. The van der Waals surface area contributed by atoms with Gasteiger partial charge in [-0.1, -0.05) is 12.1 Å². The van der Waals surface area contributed by atoms with Crippen molar-refractivity contribution in [3.8, 4) is 11.5 Å². The van der Waals surface area contributed by atoms with Gasteiger partial charge >= 0.3 is 0 Å². The molecule has 1 saturated heterocycles. The third-order valence-electron chi connectivity index (χ3n) is 4.97. The first kappa shape index (κ1) is 21.1. The normalized spacial score (nSPS) is 16.4. The average Bonchev–Trinajstić information content (AvgIpc) is 3.16. The van der Waals surface area contributed by atoms with E-state index in [4.69, 9.17) is 15.2 Å². The minimum absolute atomic E-state index is 0.226. The van der Waals surface area contributed by atoms with Crippen molar-refractivity contribution >= 4 is 33.4 Å². The molecule has 3 N–H and O–H groups in total. The second-order valence-electron chi connectivity index (χ2n) is 6.88. The highest BCUT2D eigenvalue weighted by Crippen LogP contribution is 2.35. The van der Waals surface area contributed by atoms with Crippen LogP contribution in [0.1, 0.15) is 28.8 Å². The van der Waals surface area contributed by atoms with Gasteiger partial charge in [-0.25, -0.2) is 0 Å². The van der Waals surface area contributed by atoms with E-state index in [9.17, 15) is 9.59 Å². The molecular formula is C21H24BrN3O4. The maximum Gasteiger partial charge on any atom is 0.255 e. The van der Waals surface area contributed by atoms with E-state index in [1.54, 1.807) is 12.1 Å². The summed E-state index contributed by atoms with van der Waals surface area (Å²) in [7, 11) is 3.06. The van der Waals surface area contributed by atoms with Crippen LogP contribution in [-0.4, -0.2) is 43.5 Å². The molecule has 0 aromatic heterocycles. The Morgan fingerprint density at radius 2 is 1.90 bits per heavy atom. The number of methoxy groups -OCH3 is 2. The summed E-state index contributed by atoms with van der Waals surface area (Å²) in [5.41, 5.74) is 7.59. The van der Waals surface area contributed by atoms with Crippen LogP contribution in [0, 0.1) is 0 Å². The van der Waals surface area contributed by atoms with Gasteiger partial charge in [0.25, 0.3) is 5.91 Å². The number of hydrogen-bond acceptors (Lipinski definition) is 5. The van der Waals surface area contributed by atoms with Gasteiger partial charge in [0.05, 0.1) is 20.3 Å². The number of nitrogens with two attached hydrogens (primary N) is 1. The van der Waals surface area contributed by atoms with Gasteiger partial charge in [0.15, 0.2) is 0 Å². The van der Waals surface area contributed by atoms with E-state index in [1.165, 1.54) is 14.2 Å². The first-order valence-electron chi connectivity index (χ1n) is 9.28. The number of primary amides is 1. The molecule has 2 aromatic rings. The van der Waals surface area contributed by atoms with Crippen molar-refractivity contribution in [2.75, 3.05) is 26.1 Å². The number of likely N-dealkylation sites (tertiary alicyclic amines) is 1. The number of halogens is 1. The number of nitrogens with zero attached hydrogens (tertiary/aromatic N) is 1. The third kappa shape index (κ3) is 4.89. The fourth-order valence-electron chi connectivity index (χ4n) is 3.52. The second kappa shape index (κ2) is 9.28. The van der Waals surface area contributed by atoms with Crippen molar-refractivity contribution in [3.63, 3.8) is 0 Å². The maximum atomic E-state index is 12.7. The molecular weight excluding hydrogens is 438 g/mol. The third-order valence-corrected chi connectivity index (χ3v) is 5.75. The van der Waals surface area contributed by atoms with Crippen molar-refractivity contribution in [1.29, 1.82) is 0 Å². The SMILES string of the molecule is COc1cc(C(=O)Nc2cccc(CN3CCCC3C(N)=O)c2)cc(OC)c1Br. The van der Waals surface area contributed by atoms with E-state index in [0.29, 0.717) is 33.8 Å². The smallest absolute Gasteiger partial charge is 0.255 e. The number of amides is 2. The molecule has 1 atom stereocenters. The number of ether oxygens (including phenoxy) is 2. The zero-order chi connectivity index (χ0) is 21.0. The predicted molar refractivity (Wildman–Crippen MR) is 114 cm³/mol. The van der Waals surface area contributed by atoms with E-state index in [0.717, 1.165) is 24.9 Å². The summed E-state index contributed by atoms with van der Waals surface area (Å²) >= 11 is 3.40. The molecule has 0 saturated carbocycles. The highest BCUT2D eigenvalue weighted by molar-refractivity contribution is 9.10. The van der Waals surface area contributed by atoms with Gasteiger partial charge < -0.3 is 20.5 Å². The molecule has 154 valence electrons. The summed E-state index contributed by atoms with van der Waals surface area (Å²) in [5, 5.41) is 2.90. The maximum absolute atomic E-state index is 12.7. The summed E-state index contributed by atoms with van der Waals surface area (Å²) < 4.78 is 11.3. The van der Waals surface area contributed by atoms with E-state index >= 15 is 0 Å². The lowest BCUT2D eigenvalue weighted by Gasteiger charge is -2.22. The monoisotopic (exact) mass is 461 g/mol. The number of carbonyl (C=O) groups excluding carboxylic acids is 2. The summed E-state index contributed by atoms with van der Waals surface area (Å²) in [5.74, 6) is 0.456. The molecule has 2 amide bonds. The number of carbonyl (C=O) groups is 2. The zero-order valence-electron chi connectivity index (χ0n) is 16.4. The highest BCUT2D eigenvalue weighted by Gasteiger charge is 2.28. The molecule has 1 fully saturated rings. The number of rotatable bonds is 7. The van der Waals surface area contributed by atoms with Gasteiger partial charge in [-0.3, -0.25) is 14.5 Å². The van der Waals surface area contributed by atoms with Crippen molar-refractivity contribution in [2.24, 2.45) is 5.73 Å². The first-order valence-corrected chi connectivity index (χ1v) is 10.1. The van der Waals surface area contributed by atoms with Crippen LogP contribution in [0.2, 0.25) is 0 Å². The number of nitrogens with one attached hydrogen (secondary N) is 1. The van der Waals surface area contributed by atoms with Gasteiger partial charge in [0, 0.05) is 17.8 Å². The predicted octanol–water partition coefficient (Wildman–Crippen LogP) is 3.17. The van der Waals surface area contributed by atoms with Crippen LogP contribution in [-0.2, 0) is 11.3 Å². The minimum Gasteiger partial charge on any atom is -0.495 e. The number of hydrogen-bond donors (Lipinski definition) is 2. The summed E-state index contributed by atoms with van der Waals surface area (Å²) in [6.45, 7) is 1.44. The van der Waals surface area contributed by atoms with Crippen LogP contribution in [0.25, 0.3) is 0 Å². The Kier molecular flexibility index (Phi) is 6.76. The Balaban J connectivity index is 1.75. The van der Waals surface area contributed by atoms with Crippen molar-refractivity contribution in [3.05, 3.63) is 52.0 Å². The Bertz CT molecular complexity index is 894. The van der Waals surface area contributed by atoms with Crippen LogP contribution in [0.4, 0.5) is 5.69 Å². The molecule has 29 heavy (non-hydrogen) atoms. The molecule has 0 spiro atoms. The van der Waals surface area contributed by atoms with E-state index in [2.05, 4.69) is 26.1 Å². The number of benzene rings is 2. The quantitative estimate of drug-likeness (QED) is 0.660. The fourth-order valence-corrected chi connectivity index (χ4v) is 4.08. The van der Waals surface area contributed by atoms with Crippen LogP contribution in [0.15, 0.2) is 40.9 Å². The molecule has 1 aliphatic rings. The zero-order valence-corrected chi connectivity index (χ0v) is 18.0. The van der Waals surface area contributed by atoms with Crippen LogP contribution in [0.3, 0.4) is 0 Å². The molecule has 1 unspecified atom stereocenters. The summed E-state index contributed by atoms with van der Waals surface area (Å²) in [4.78, 5) is 26.4. The molecule has 7 nitrogen and oxygen atoms in total. The standard InChI is InChI=1S/C21H24BrN3O4/c1-28-17-10-14(11-18(29-2)19(17)22)21(27)24-15-6-3-5-13(9-15)12-25-8-4-7-16(25)20(23)26/h3,5-6,9-11,16H,4,7-8,12H2,1-2H3,(H2,23,26)(H,24,27). The molecule has 1 heterocycles. The Labute approximate surface area is 178 Å². The fraction of sp³-hybridized carbons (Fsp3) is 0.333. The molecule has 2 aromatic carbocycles. The van der Waals surface area contributed by atoms with Gasteiger partial charge in [-0.15, -0.1) is 0 Å². The van der Waals surface area contributed by atoms with E-state index < -0.39 is 0 Å². The van der Waals surface area contributed by atoms with Crippen molar-refractivity contribution in [2.45, 2.75) is 25.4 Å². The Morgan fingerprint density at radius 1 is 1.21 bits per heavy atom. The van der Waals surface area contributed by atoms with Crippen LogP contribution >= 0.6 is 15.9 Å². The summed E-state index contributed by atoms with van der Waals surface area (Å²) in [6, 6.07) is 10.6. The molecule has 3 rings (SSSR count). The topological polar surface area (TPSA) is 93.9 Å². The lowest BCUT2D eigenvalue weighted by atomic mass is 10.1. The molecule has 0 radical (unpaired) electrons. The van der Waals surface area contributed by atoms with Crippen molar-refractivity contribution < 1.29 is 19.1 Å². The van der Waals surface area contributed by atoms with E-state index in [-0.39, 0.29) is 17.9 Å². The molecule has 0 aliphatic carbocycles. The van der Waals surface area contributed by atoms with Gasteiger partial charge in [0.1, 0.15) is 16.0 Å². The average molecular weight is 462 g/mol. The van der Waals surface area contributed by atoms with Gasteiger partial charge in [0.2, 0.25) is 5.91 Å². The molecule has 1 aliphatic heterocycles. The lowest BCUT2D eigenvalue weighted by Crippen LogP contribution is -2.39. The van der Waals surface area contributed by atoms with Crippen LogP contribution < -0.4 is 20.5 Å². The van der Waals surface area contributed by atoms with E-state index in [1.807, 2.05) is 24.3 Å². The Morgan fingerprint density at radius 3 is 2.52 bits per heavy atom. The van der Waals surface area contributed by atoms with Gasteiger partial charge in [-0.2, -0.15) is 0 Å². The second-order valence-corrected chi connectivity index (χ2v) is 7.67. The lowest BCUT2D eigenvalue weighted by molar-refractivity contribution is -0.122. The van der Waals surface area contributed by atoms with Crippen molar-refractivity contribution in [1.82, 2.24) is 4.90 Å². The Hall–Kier alpha value is -2.58. The van der Waals surface area contributed by atoms with Crippen LogP contribution in [0.5, 0.6) is 11.5 Å². The minimum atomic E-state index is -0.287. The van der Waals surface area contributed by atoms with Gasteiger partial charge in [-0.05, 0) is 65.1 Å². The molecule has 8 heteroatoms. The molecule has 0 bridgehead atoms.